The lowest BCUT2D eigenvalue weighted by Crippen LogP contribution is -2.63. The van der Waals surface area contributed by atoms with Crippen LogP contribution in [0.3, 0.4) is 0 Å². The number of rotatable bonds is 5. The molecule has 2 rings (SSSR count). The molecule has 148 valence electrons. The Morgan fingerprint density at radius 3 is 2.28 bits per heavy atom. The molecule has 0 radical (unpaired) electrons. The van der Waals surface area contributed by atoms with E-state index in [0.717, 1.165) is 0 Å². The van der Waals surface area contributed by atoms with Gasteiger partial charge in [-0.3, -0.25) is 0 Å². The van der Waals surface area contributed by atoms with Crippen molar-refractivity contribution in [2.24, 2.45) is 5.92 Å². The number of methoxy groups -OCH3 is 1. The Labute approximate surface area is 145 Å². The average Bonchev–Trinajstić information content (AvgIpc) is 2.57. The summed E-state index contributed by atoms with van der Waals surface area (Å²) in [4.78, 5) is 0. The van der Waals surface area contributed by atoms with Gasteiger partial charge in [0.15, 0.2) is 12.6 Å². The van der Waals surface area contributed by atoms with Gasteiger partial charge in [0.05, 0.1) is 18.8 Å². The van der Waals surface area contributed by atoms with Gasteiger partial charge in [-0.15, -0.1) is 0 Å². The zero-order valence-electron chi connectivity index (χ0n) is 13.9. The summed E-state index contributed by atoms with van der Waals surface area (Å²) >= 11 is 0. The first-order chi connectivity index (χ1) is 11.6. The summed E-state index contributed by atoms with van der Waals surface area (Å²) in [6.45, 7) is 3.15. The van der Waals surface area contributed by atoms with Crippen LogP contribution in [-0.2, 0) is 33.4 Å². The Morgan fingerprint density at radius 2 is 1.72 bits per heavy atom. The van der Waals surface area contributed by atoms with E-state index in [1.165, 1.54) is 14.0 Å². The molecule has 2 saturated heterocycles. The van der Waals surface area contributed by atoms with Crippen molar-refractivity contribution < 1.29 is 52.3 Å². The molecule has 3 N–H and O–H groups in total. The molecule has 2 fully saturated rings. The number of hydrogen-bond acceptors (Lipinski definition) is 11. The molecular weight excluding hydrogens is 364 g/mol. The van der Waals surface area contributed by atoms with Crippen LogP contribution in [0.2, 0.25) is 0 Å². The van der Waals surface area contributed by atoms with Gasteiger partial charge in [0.1, 0.15) is 23.6 Å². The van der Waals surface area contributed by atoms with Crippen LogP contribution in [0.25, 0.3) is 0 Å². The number of aliphatic hydroxyl groups excluding tert-OH is 3. The van der Waals surface area contributed by atoms with Crippen LogP contribution in [0.15, 0.2) is 0 Å². The Balaban J connectivity index is 2.26. The maximum Gasteiger partial charge on any atom is 0.267 e. The normalized spacial score (nSPS) is 46.1. The average molecular weight is 387 g/mol. The molecule has 0 bridgehead atoms. The molecule has 0 spiro atoms. The Hall–Kier alpha value is -0.410. The molecule has 25 heavy (non-hydrogen) atoms. The van der Waals surface area contributed by atoms with E-state index in [1.54, 1.807) is 6.92 Å². The quantitative estimate of drug-likeness (QED) is 0.322. The minimum absolute atomic E-state index is 0.0591. The Bertz CT molecular complexity index is 540. The highest BCUT2D eigenvalue weighted by molar-refractivity contribution is 7.87. The van der Waals surface area contributed by atoms with E-state index in [4.69, 9.17) is 18.9 Å². The predicted octanol–water partition coefficient (Wildman–Crippen LogP) is -3.17. The smallest absolute Gasteiger partial charge is 0.267 e. The molecule has 2 unspecified atom stereocenters. The van der Waals surface area contributed by atoms with E-state index in [1.807, 2.05) is 0 Å². The minimum atomic E-state index is -4.78. The third kappa shape index (κ3) is 4.13. The number of ether oxygens (including phenoxy) is 4. The van der Waals surface area contributed by atoms with Crippen LogP contribution in [0, 0.1) is 5.92 Å². The maximum absolute atomic E-state index is 12.0. The molecule has 2 aliphatic heterocycles. The summed E-state index contributed by atoms with van der Waals surface area (Å²) in [5, 5.41) is 39.0. The highest BCUT2D eigenvalue weighted by Gasteiger charge is 2.53. The van der Waals surface area contributed by atoms with E-state index in [2.05, 4.69) is 4.33 Å². The zero-order chi connectivity index (χ0) is 18.9. The molecule has 9 atom stereocenters. The van der Waals surface area contributed by atoms with Crippen molar-refractivity contribution in [1.82, 2.24) is 0 Å². The number of aliphatic hydroxyl groups is 3. The first kappa shape index (κ1) is 20.9. The summed E-state index contributed by atoms with van der Waals surface area (Å²) in [7, 11) is -3.59. The highest BCUT2D eigenvalue weighted by atomic mass is 32.2. The van der Waals surface area contributed by atoms with E-state index in [9.17, 15) is 29.0 Å². The molecule has 11 nitrogen and oxygen atoms in total. The zero-order valence-corrected chi connectivity index (χ0v) is 14.7. The Morgan fingerprint density at radius 1 is 1.08 bits per heavy atom. The molecule has 2 heterocycles. The fourth-order valence-electron chi connectivity index (χ4n) is 2.97. The highest BCUT2D eigenvalue weighted by Crippen LogP contribution is 2.32. The van der Waals surface area contributed by atoms with Gasteiger partial charge >= 0.3 is 0 Å². The van der Waals surface area contributed by atoms with Gasteiger partial charge in [-0.2, -0.15) is 8.42 Å². The second kappa shape index (κ2) is 8.08. The van der Waals surface area contributed by atoms with Gasteiger partial charge in [0, 0.05) is 13.0 Å². The first-order valence-corrected chi connectivity index (χ1v) is 9.16. The van der Waals surface area contributed by atoms with Gasteiger partial charge in [-0.05, 0) is 6.92 Å². The van der Waals surface area contributed by atoms with Crippen molar-refractivity contribution in [3.8, 4) is 0 Å². The molecule has 0 saturated carbocycles. The van der Waals surface area contributed by atoms with Crippen molar-refractivity contribution in [2.75, 3.05) is 13.7 Å². The van der Waals surface area contributed by atoms with Crippen molar-refractivity contribution in [3.05, 3.63) is 0 Å². The summed E-state index contributed by atoms with van der Waals surface area (Å²) in [6.07, 6.45) is -9.47. The molecule has 0 aliphatic carbocycles. The van der Waals surface area contributed by atoms with Crippen molar-refractivity contribution in [1.29, 1.82) is 0 Å². The van der Waals surface area contributed by atoms with Gasteiger partial charge < -0.3 is 43.9 Å². The van der Waals surface area contributed by atoms with Crippen LogP contribution >= 0.6 is 0 Å². The monoisotopic (exact) mass is 387 g/mol. The van der Waals surface area contributed by atoms with E-state index >= 15 is 0 Å². The molecule has 0 aromatic carbocycles. The van der Waals surface area contributed by atoms with Crippen LogP contribution in [0.4, 0.5) is 0 Å². The molecular formula is C13H23O11S-. The summed E-state index contributed by atoms with van der Waals surface area (Å²) in [6, 6.07) is 0. The van der Waals surface area contributed by atoms with Gasteiger partial charge in [-0.25, -0.2) is 0 Å². The van der Waals surface area contributed by atoms with Crippen LogP contribution < -0.4 is 5.26 Å². The lowest BCUT2D eigenvalue weighted by Gasteiger charge is -2.45. The van der Waals surface area contributed by atoms with E-state index in [0.29, 0.717) is 0 Å². The van der Waals surface area contributed by atoms with E-state index < -0.39 is 58.5 Å². The molecule has 0 aromatic rings. The SMILES string of the molecule is COC1OC(C)[C@H](O[C@@H]2OC[C@@H](C)[C@@H](O)[C@@H]2O)[C@H](S(=O)(=O)O[O-])[C@@H]1O. The van der Waals surface area contributed by atoms with Crippen molar-refractivity contribution >= 4 is 10.1 Å². The lowest BCUT2D eigenvalue weighted by molar-refractivity contribution is -0.635. The molecule has 12 heteroatoms. The van der Waals surface area contributed by atoms with Crippen LogP contribution in [-0.4, -0.2) is 85.8 Å². The van der Waals surface area contributed by atoms with E-state index in [-0.39, 0.29) is 12.5 Å². The van der Waals surface area contributed by atoms with Crippen molar-refractivity contribution in [3.63, 3.8) is 0 Å². The molecule has 2 aliphatic rings. The van der Waals surface area contributed by atoms with Crippen molar-refractivity contribution in [2.45, 2.75) is 62.2 Å². The fourth-order valence-corrected chi connectivity index (χ4v) is 4.14. The standard InChI is InChI=1S/C13H24O11S/c1-5-4-21-13(8(15)7(5)14)23-10-6(2)22-12(20-3)9(16)11(10)25(18,19)24-17/h5-17H,4H2,1-3H3/p-1/t5-,6?,7-,8+,9+,10+,11-,12?,13+/m1/s1. The summed E-state index contributed by atoms with van der Waals surface area (Å²) in [5.74, 6) is -0.358. The molecule has 0 aromatic heterocycles. The first-order valence-electron chi connectivity index (χ1n) is 7.68. The summed E-state index contributed by atoms with van der Waals surface area (Å²) in [5.41, 5.74) is 0. The third-order valence-electron chi connectivity index (χ3n) is 4.44. The fraction of sp³-hybridized carbons (Fsp3) is 1.00. The second-order valence-corrected chi connectivity index (χ2v) is 7.89. The minimum Gasteiger partial charge on any atom is -0.707 e. The lowest BCUT2D eigenvalue weighted by atomic mass is 9.97. The largest absolute Gasteiger partial charge is 0.707 e. The van der Waals surface area contributed by atoms with Crippen LogP contribution in [0.1, 0.15) is 13.8 Å². The van der Waals surface area contributed by atoms with Crippen LogP contribution in [0.5, 0.6) is 0 Å². The summed E-state index contributed by atoms with van der Waals surface area (Å²) < 4.78 is 48.2. The third-order valence-corrected chi connectivity index (χ3v) is 5.84. The number of hydrogen-bond donors (Lipinski definition) is 3. The van der Waals surface area contributed by atoms with Gasteiger partial charge in [-0.1, -0.05) is 6.92 Å². The topological polar surface area (TPSA) is 164 Å². The van der Waals surface area contributed by atoms with Gasteiger partial charge in [0.2, 0.25) is 0 Å². The molecule has 0 amide bonds. The van der Waals surface area contributed by atoms with Gasteiger partial charge in [0.25, 0.3) is 10.1 Å². The maximum atomic E-state index is 12.0. The Kier molecular flexibility index (Phi) is 6.76. The predicted molar refractivity (Wildman–Crippen MR) is 76.9 cm³/mol. The second-order valence-electron chi connectivity index (χ2n) is 6.22.